The summed E-state index contributed by atoms with van der Waals surface area (Å²) in [4.78, 5) is 12.6. The van der Waals surface area contributed by atoms with Crippen molar-refractivity contribution in [1.82, 2.24) is 9.78 Å². The monoisotopic (exact) mass is 431 g/mol. The zero-order valence-corrected chi connectivity index (χ0v) is 16.1. The number of benzene rings is 1. The lowest BCUT2D eigenvalue weighted by atomic mass is 10.1. The molecule has 3 heterocycles. The highest BCUT2D eigenvalue weighted by molar-refractivity contribution is 7.98. The van der Waals surface area contributed by atoms with Gasteiger partial charge in [-0.3, -0.25) is 4.79 Å². The molecule has 150 valence electrons. The van der Waals surface area contributed by atoms with Crippen LogP contribution in [0.5, 0.6) is 0 Å². The lowest BCUT2D eigenvalue weighted by Crippen LogP contribution is -2.20. The van der Waals surface area contributed by atoms with E-state index >= 15 is 0 Å². The molecule has 4 rings (SSSR count). The molecule has 2 aliphatic heterocycles. The van der Waals surface area contributed by atoms with E-state index in [0.717, 1.165) is 35.5 Å². The Hall–Kier alpha value is -2.01. The Kier molecular flexibility index (Phi) is 4.69. The van der Waals surface area contributed by atoms with E-state index in [0.29, 0.717) is 23.7 Å². The number of amides is 1. The predicted molar refractivity (Wildman–Crippen MR) is 98.9 cm³/mol. The Bertz CT molecular complexity index is 1030. The first kappa shape index (κ1) is 19.3. The Morgan fingerprint density at radius 2 is 1.93 bits per heavy atom. The molecule has 2 aromatic rings. The highest BCUT2D eigenvalue weighted by atomic mass is 32.2. The van der Waals surface area contributed by atoms with Gasteiger partial charge in [-0.05, 0) is 30.7 Å². The number of halogens is 3. The summed E-state index contributed by atoms with van der Waals surface area (Å²) < 4.78 is 63.3. The van der Waals surface area contributed by atoms with Crippen molar-refractivity contribution in [3.05, 3.63) is 46.6 Å². The van der Waals surface area contributed by atoms with Crippen LogP contribution in [0.3, 0.4) is 0 Å². The molecule has 1 unspecified atom stereocenters. The summed E-state index contributed by atoms with van der Waals surface area (Å²) in [5.74, 6) is 1.22. The topological polar surface area (TPSA) is 81.1 Å². The highest BCUT2D eigenvalue weighted by Gasteiger charge is 2.35. The van der Waals surface area contributed by atoms with Crippen LogP contribution >= 0.6 is 11.8 Å². The fraction of sp³-hybridized carbons (Fsp3) is 0.412. The summed E-state index contributed by atoms with van der Waals surface area (Å²) in [6.07, 6.45) is -4.06. The molecular formula is C17H16F3N3O3S2. The van der Waals surface area contributed by atoms with Gasteiger partial charge in [0.2, 0.25) is 0 Å². The van der Waals surface area contributed by atoms with Crippen molar-refractivity contribution in [1.29, 1.82) is 0 Å². The Balaban J connectivity index is 1.62. The van der Waals surface area contributed by atoms with Gasteiger partial charge in [-0.15, -0.1) is 0 Å². The number of sulfone groups is 1. The summed E-state index contributed by atoms with van der Waals surface area (Å²) in [7, 11) is -3.14. The largest absolute Gasteiger partial charge is 0.416 e. The number of thioether (sulfide) groups is 1. The van der Waals surface area contributed by atoms with E-state index in [1.54, 1.807) is 16.4 Å². The first-order valence-electron chi connectivity index (χ1n) is 8.51. The molecule has 0 aliphatic carbocycles. The number of nitrogens with zero attached hydrogens (tertiary/aromatic N) is 2. The summed E-state index contributed by atoms with van der Waals surface area (Å²) >= 11 is 1.63. The minimum absolute atomic E-state index is 0.0378. The van der Waals surface area contributed by atoms with Crippen LogP contribution in [0.15, 0.2) is 24.3 Å². The van der Waals surface area contributed by atoms with Crippen molar-refractivity contribution < 1.29 is 26.4 Å². The maximum atomic E-state index is 12.7. The van der Waals surface area contributed by atoms with Crippen LogP contribution in [0.1, 0.15) is 39.6 Å². The van der Waals surface area contributed by atoms with Gasteiger partial charge >= 0.3 is 6.18 Å². The number of fused-ring (bicyclic) bond motifs is 1. The Labute approximate surface area is 163 Å². The van der Waals surface area contributed by atoms with E-state index in [2.05, 4.69) is 10.4 Å². The van der Waals surface area contributed by atoms with Crippen LogP contribution in [-0.2, 0) is 27.5 Å². The Morgan fingerprint density at radius 3 is 2.54 bits per heavy atom. The van der Waals surface area contributed by atoms with E-state index in [1.807, 2.05) is 0 Å². The fourth-order valence-corrected chi connectivity index (χ4v) is 6.12. The second kappa shape index (κ2) is 6.80. The van der Waals surface area contributed by atoms with Gasteiger partial charge < -0.3 is 5.32 Å². The molecule has 1 N–H and O–H groups in total. The molecule has 1 atom stereocenters. The first-order chi connectivity index (χ1) is 13.1. The fourth-order valence-electron chi connectivity index (χ4n) is 3.39. The van der Waals surface area contributed by atoms with Gasteiger partial charge in [0, 0.05) is 22.6 Å². The third-order valence-corrected chi connectivity index (χ3v) is 7.56. The number of hydrogen-bond donors (Lipinski definition) is 1. The number of nitrogens with one attached hydrogen (secondary N) is 1. The normalized spacial score (nSPS) is 20.9. The molecule has 1 saturated heterocycles. The SMILES string of the molecule is O=C(Nc1c2c(nn1C1CCS(=O)(=O)C1)CSC2)c1ccc(C(F)(F)F)cc1. The quantitative estimate of drug-likeness (QED) is 0.807. The summed E-state index contributed by atoms with van der Waals surface area (Å²) in [5, 5.41) is 7.24. The number of carbonyl (C=O) groups is 1. The Morgan fingerprint density at radius 1 is 1.21 bits per heavy atom. The van der Waals surface area contributed by atoms with Crippen molar-refractivity contribution in [2.24, 2.45) is 0 Å². The van der Waals surface area contributed by atoms with Gasteiger partial charge in [-0.1, -0.05) is 0 Å². The van der Waals surface area contributed by atoms with Crippen LogP contribution in [0, 0.1) is 0 Å². The maximum Gasteiger partial charge on any atom is 0.416 e. The number of alkyl halides is 3. The van der Waals surface area contributed by atoms with Crippen LogP contribution < -0.4 is 5.32 Å². The van der Waals surface area contributed by atoms with Crippen LogP contribution in [0.2, 0.25) is 0 Å². The van der Waals surface area contributed by atoms with Gasteiger partial charge in [0.05, 0.1) is 28.8 Å². The van der Waals surface area contributed by atoms with E-state index in [9.17, 15) is 26.4 Å². The minimum atomic E-state index is -4.47. The molecule has 0 spiro atoms. The zero-order valence-electron chi connectivity index (χ0n) is 14.5. The molecule has 28 heavy (non-hydrogen) atoms. The third-order valence-electron chi connectivity index (χ3n) is 4.84. The second-order valence-corrected chi connectivity index (χ2v) is 10.0. The predicted octanol–water partition coefficient (Wildman–Crippen LogP) is 3.26. The molecule has 1 fully saturated rings. The van der Waals surface area contributed by atoms with Crippen molar-refractivity contribution in [2.75, 3.05) is 16.8 Å². The first-order valence-corrected chi connectivity index (χ1v) is 11.5. The minimum Gasteiger partial charge on any atom is -0.306 e. The van der Waals surface area contributed by atoms with Crippen molar-refractivity contribution in [2.45, 2.75) is 30.1 Å². The average Bonchev–Trinajstić information content (AvgIpc) is 3.30. The van der Waals surface area contributed by atoms with Crippen molar-refractivity contribution in [3.8, 4) is 0 Å². The molecule has 0 saturated carbocycles. The number of carbonyl (C=O) groups excluding carboxylic acids is 1. The summed E-state index contributed by atoms with van der Waals surface area (Å²) in [6, 6.07) is 3.59. The van der Waals surface area contributed by atoms with Crippen LogP contribution in [0.25, 0.3) is 0 Å². The van der Waals surface area contributed by atoms with E-state index < -0.39 is 27.5 Å². The molecule has 1 amide bonds. The van der Waals surface area contributed by atoms with Crippen LogP contribution in [-0.4, -0.2) is 35.6 Å². The zero-order chi connectivity index (χ0) is 20.1. The van der Waals surface area contributed by atoms with Crippen molar-refractivity contribution >= 4 is 33.3 Å². The average molecular weight is 431 g/mol. The summed E-state index contributed by atoms with van der Waals surface area (Å²) in [5.41, 5.74) is 0.897. The van der Waals surface area contributed by atoms with Gasteiger partial charge in [-0.2, -0.15) is 30.0 Å². The van der Waals surface area contributed by atoms with Gasteiger partial charge in [-0.25, -0.2) is 13.1 Å². The number of aromatic nitrogens is 2. The van der Waals surface area contributed by atoms with E-state index in [4.69, 9.17) is 0 Å². The molecule has 11 heteroatoms. The van der Waals surface area contributed by atoms with E-state index in [1.165, 1.54) is 0 Å². The molecule has 0 radical (unpaired) electrons. The van der Waals surface area contributed by atoms with E-state index in [-0.39, 0.29) is 23.1 Å². The van der Waals surface area contributed by atoms with Gasteiger partial charge in [0.1, 0.15) is 5.82 Å². The molecule has 1 aromatic carbocycles. The standard InChI is InChI=1S/C17H16F3N3O3S2/c18-17(19,20)11-3-1-10(2-4-11)16(24)21-15-13-7-27-8-14(13)22-23(15)12-5-6-28(25,26)9-12/h1-4,12H,5-9H2,(H,21,24). The highest BCUT2D eigenvalue weighted by Crippen LogP contribution is 2.38. The second-order valence-electron chi connectivity index (χ2n) is 6.80. The smallest absolute Gasteiger partial charge is 0.306 e. The van der Waals surface area contributed by atoms with Gasteiger partial charge in [0.15, 0.2) is 9.84 Å². The molecule has 0 bridgehead atoms. The van der Waals surface area contributed by atoms with Crippen LogP contribution in [0.4, 0.5) is 19.0 Å². The lowest BCUT2D eigenvalue weighted by Gasteiger charge is -2.15. The molecule has 6 nitrogen and oxygen atoms in total. The third kappa shape index (κ3) is 3.64. The maximum absolute atomic E-state index is 12.7. The number of hydrogen-bond acceptors (Lipinski definition) is 5. The molecular weight excluding hydrogens is 415 g/mol. The summed E-state index contributed by atoms with van der Waals surface area (Å²) in [6.45, 7) is 0. The number of rotatable bonds is 3. The van der Waals surface area contributed by atoms with Gasteiger partial charge in [0.25, 0.3) is 5.91 Å². The molecule has 2 aliphatic rings. The molecule has 1 aromatic heterocycles. The lowest BCUT2D eigenvalue weighted by molar-refractivity contribution is -0.137. The van der Waals surface area contributed by atoms with Crippen molar-refractivity contribution in [3.63, 3.8) is 0 Å². The number of anilines is 1.